The molecule has 2 amide bonds. The lowest BCUT2D eigenvalue weighted by molar-refractivity contribution is -0.0691. The van der Waals surface area contributed by atoms with Crippen molar-refractivity contribution in [2.45, 2.75) is 20.5 Å². The lowest BCUT2D eigenvalue weighted by Gasteiger charge is -2.15. The molecule has 0 aliphatic rings. The van der Waals surface area contributed by atoms with Gasteiger partial charge in [-0.05, 0) is 31.5 Å². The standard InChI is InChI=1S/C18H24N2O5/c1-13(2)10-14(3)11-20(24)18(23)25-12-15-4-6-16(7-5-15)17(22)19-8-9-21/h4-7,10,21,24H,1,8-9,11-12H2,2-3H3,(H,19,22)/b14-10+. The highest BCUT2D eigenvalue weighted by molar-refractivity contribution is 5.94. The van der Waals surface area contributed by atoms with Gasteiger partial charge in [0, 0.05) is 12.1 Å². The summed E-state index contributed by atoms with van der Waals surface area (Å²) in [5, 5.41) is 21.4. The molecule has 0 saturated heterocycles. The van der Waals surface area contributed by atoms with Crippen LogP contribution in [-0.4, -0.2) is 47.1 Å². The maximum Gasteiger partial charge on any atom is 0.434 e. The summed E-state index contributed by atoms with van der Waals surface area (Å²) in [4.78, 5) is 23.4. The summed E-state index contributed by atoms with van der Waals surface area (Å²) in [6, 6.07) is 6.48. The van der Waals surface area contributed by atoms with Gasteiger partial charge in [0.25, 0.3) is 5.91 Å². The molecule has 0 saturated carbocycles. The first-order chi connectivity index (χ1) is 11.8. The number of aliphatic hydroxyl groups excluding tert-OH is 1. The van der Waals surface area contributed by atoms with E-state index < -0.39 is 6.09 Å². The van der Waals surface area contributed by atoms with Gasteiger partial charge in [-0.15, -0.1) is 0 Å². The molecular weight excluding hydrogens is 324 g/mol. The zero-order chi connectivity index (χ0) is 18.8. The minimum atomic E-state index is -0.862. The zero-order valence-corrected chi connectivity index (χ0v) is 14.5. The van der Waals surface area contributed by atoms with Crippen LogP contribution in [0.25, 0.3) is 0 Å². The summed E-state index contributed by atoms with van der Waals surface area (Å²) in [7, 11) is 0. The summed E-state index contributed by atoms with van der Waals surface area (Å²) in [6.45, 7) is 7.36. The number of hydrogen-bond acceptors (Lipinski definition) is 5. The van der Waals surface area contributed by atoms with Crippen molar-refractivity contribution in [1.29, 1.82) is 0 Å². The third-order valence-electron chi connectivity index (χ3n) is 3.08. The molecule has 0 radical (unpaired) electrons. The van der Waals surface area contributed by atoms with Gasteiger partial charge >= 0.3 is 6.09 Å². The maximum atomic E-state index is 11.7. The fourth-order valence-corrected chi connectivity index (χ4v) is 2.01. The number of nitrogens with zero attached hydrogens (tertiary/aromatic N) is 1. The predicted molar refractivity (Wildman–Crippen MR) is 93.1 cm³/mol. The number of amides is 2. The largest absolute Gasteiger partial charge is 0.443 e. The molecule has 0 atom stereocenters. The van der Waals surface area contributed by atoms with E-state index in [0.717, 1.165) is 11.1 Å². The molecule has 7 nitrogen and oxygen atoms in total. The zero-order valence-electron chi connectivity index (χ0n) is 14.5. The number of benzene rings is 1. The molecule has 0 unspecified atom stereocenters. The van der Waals surface area contributed by atoms with E-state index in [-0.39, 0.29) is 32.2 Å². The van der Waals surface area contributed by atoms with Gasteiger partial charge < -0.3 is 15.2 Å². The second kappa shape index (κ2) is 10.3. The lowest BCUT2D eigenvalue weighted by Crippen LogP contribution is -2.29. The van der Waals surface area contributed by atoms with Crippen molar-refractivity contribution in [3.63, 3.8) is 0 Å². The normalized spacial score (nSPS) is 11.0. The molecule has 0 spiro atoms. The molecule has 0 fully saturated rings. The maximum absolute atomic E-state index is 11.7. The molecule has 1 rings (SSSR count). The molecule has 3 N–H and O–H groups in total. The van der Waals surface area contributed by atoms with Crippen molar-refractivity contribution >= 4 is 12.0 Å². The molecule has 136 valence electrons. The van der Waals surface area contributed by atoms with Crippen molar-refractivity contribution < 1.29 is 24.6 Å². The first kappa shape index (κ1) is 20.4. The number of nitrogens with one attached hydrogen (secondary N) is 1. The highest BCUT2D eigenvalue weighted by Crippen LogP contribution is 2.08. The average molecular weight is 348 g/mol. The number of carbonyl (C=O) groups is 2. The number of hydroxylamine groups is 2. The van der Waals surface area contributed by atoms with Gasteiger partial charge in [-0.2, -0.15) is 5.06 Å². The van der Waals surface area contributed by atoms with Crippen LogP contribution >= 0.6 is 0 Å². The third-order valence-corrected chi connectivity index (χ3v) is 3.08. The van der Waals surface area contributed by atoms with Crippen LogP contribution in [0.4, 0.5) is 4.79 Å². The predicted octanol–water partition coefficient (Wildman–Crippen LogP) is 2.26. The van der Waals surface area contributed by atoms with Crippen molar-refractivity contribution in [2.24, 2.45) is 0 Å². The van der Waals surface area contributed by atoms with Gasteiger partial charge in [-0.3, -0.25) is 10.0 Å². The molecule has 1 aromatic carbocycles. The van der Waals surface area contributed by atoms with Gasteiger partial charge in [-0.25, -0.2) is 4.79 Å². The Labute approximate surface area is 147 Å². The van der Waals surface area contributed by atoms with Crippen LogP contribution in [0.15, 0.2) is 48.1 Å². The first-order valence-corrected chi connectivity index (χ1v) is 7.77. The Bertz CT molecular complexity index is 637. The molecule has 0 aliphatic carbocycles. The van der Waals surface area contributed by atoms with Crippen LogP contribution < -0.4 is 5.32 Å². The third kappa shape index (κ3) is 7.65. The van der Waals surface area contributed by atoms with Crippen molar-refractivity contribution in [2.75, 3.05) is 19.7 Å². The number of carbonyl (C=O) groups excluding carboxylic acids is 2. The molecule has 1 aromatic rings. The molecule has 0 heterocycles. The second-order valence-corrected chi connectivity index (χ2v) is 5.63. The van der Waals surface area contributed by atoms with Crippen molar-refractivity contribution in [3.8, 4) is 0 Å². The van der Waals surface area contributed by atoms with Crippen molar-refractivity contribution in [1.82, 2.24) is 10.4 Å². The van der Waals surface area contributed by atoms with E-state index in [1.54, 1.807) is 37.3 Å². The van der Waals surface area contributed by atoms with E-state index in [0.29, 0.717) is 16.2 Å². The number of aliphatic hydroxyl groups is 1. The Hall–Kier alpha value is -2.64. The Morgan fingerprint density at radius 1 is 1.28 bits per heavy atom. The van der Waals surface area contributed by atoms with Crippen LogP contribution in [0.3, 0.4) is 0 Å². The van der Waals surface area contributed by atoms with Crippen LogP contribution in [0, 0.1) is 0 Å². The van der Waals surface area contributed by atoms with Gasteiger partial charge in [0.05, 0.1) is 13.2 Å². The Morgan fingerprint density at radius 2 is 1.92 bits per heavy atom. The van der Waals surface area contributed by atoms with E-state index in [2.05, 4.69) is 11.9 Å². The van der Waals surface area contributed by atoms with Crippen LogP contribution in [-0.2, 0) is 11.3 Å². The van der Waals surface area contributed by atoms with E-state index in [9.17, 15) is 14.8 Å². The van der Waals surface area contributed by atoms with E-state index in [1.165, 1.54) is 0 Å². The Kier molecular flexibility index (Phi) is 8.38. The van der Waals surface area contributed by atoms with E-state index >= 15 is 0 Å². The SMILES string of the molecule is C=C(C)/C=C(\C)CN(O)C(=O)OCc1ccc(C(=O)NCCO)cc1. The van der Waals surface area contributed by atoms with Crippen molar-refractivity contribution in [3.05, 3.63) is 59.2 Å². The molecule has 0 aliphatic heterocycles. The van der Waals surface area contributed by atoms with E-state index in [4.69, 9.17) is 9.84 Å². The number of allylic oxidation sites excluding steroid dienone is 2. The molecular formula is C18H24N2O5. The topological polar surface area (TPSA) is 99.1 Å². The number of hydrogen-bond donors (Lipinski definition) is 3. The van der Waals surface area contributed by atoms with Gasteiger partial charge in [-0.1, -0.05) is 35.9 Å². The molecule has 0 aromatic heterocycles. The summed E-state index contributed by atoms with van der Waals surface area (Å²) >= 11 is 0. The molecule has 0 bridgehead atoms. The molecule has 7 heteroatoms. The van der Waals surface area contributed by atoms with Gasteiger partial charge in [0.1, 0.15) is 6.61 Å². The highest BCUT2D eigenvalue weighted by Gasteiger charge is 2.13. The summed E-state index contributed by atoms with van der Waals surface area (Å²) in [5.41, 5.74) is 2.70. The van der Waals surface area contributed by atoms with Crippen LogP contribution in [0.5, 0.6) is 0 Å². The minimum absolute atomic E-state index is 0.0235. The number of ether oxygens (including phenoxy) is 1. The summed E-state index contributed by atoms with van der Waals surface area (Å²) in [6.07, 6.45) is 0.899. The quantitative estimate of drug-likeness (QED) is 0.380. The van der Waals surface area contributed by atoms with Crippen LogP contribution in [0.2, 0.25) is 0 Å². The first-order valence-electron chi connectivity index (χ1n) is 7.77. The monoisotopic (exact) mass is 348 g/mol. The highest BCUT2D eigenvalue weighted by atomic mass is 16.6. The summed E-state index contributed by atoms with van der Waals surface area (Å²) < 4.78 is 5.01. The smallest absolute Gasteiger partial charge is 0.434 e. The van der Waals surface area contributed by atoms with E-state index in [1.807, 2.05) is 6.92 Å². The van der Waals surface area contributed by atoms with Crippen LogP contribution in [0.1, 0.15) is 29.8 Å². The van der Waals surface area contributed by atoms with Gasteiger partial charge in [0.2, 0.25) is 0 Å². The fourth-order valence-electron chi connectivity index (χ4n) is 2.01. The van der Waals surface area contributed by atoms with Gasteiger partial charge in [0.15, 0.2) is 0 Å². The fraction of sp³-hybridized carbons (Fsp3) is 0.333. The second-order valence-electron chi connectivity index (χ2n) is 5.63. The number of rotatable bonds is 8. The Balaban J connectivity index is 2.50. The summed E-state index contributed by atoms with van der Waals surface area (Å²) in [5.74, 6) is -0.293. The molecule has 25 heavy (non-hydrogen) atoms. The Morgan fingerprint density at radius 3 is 2.48 bits per heavy atom. The lowest BCUT2D eigenvalue weighted by atomic mass is 10.1. The average Bonchev–Trinajstić information content (AvgIpc) is 2.57. The minimum Gasteiger partial charge on any atom is -0.443 e.